The van der Waals surface area contributed by atoms with E-state index in [0.29, 0.717) is 18.3 Å². The van der Waals surface area contributed by atoms with E-state index in [1.165, 1.54) is 5.56 Å². The minimum Gasteiger partial charge on any atom is -0.295 e. The standard InChI is InChI=1S/C17H26N2/c1-14(2)12-19(13-15(3)4)17(10-11-18)16-8-6-5-7-9-16/h5-9,14-15,17H,10,12-13H2,1-4H3. The van der Waals surface area contributed by atoms with E-state index in [1.807, 2.05) is 6.07 Å². The van der Waals surface area contributed by atoms with Gasteiger partial charge in [0.1, 0.15) is 0 Å². The molecule has 0 radical (unpaired) electrons. The Bertz CT molecular complexity index is 379. The fourth-order valence-corrected chi connectivity index (χ4v) is 2.49. The van der Waals surface area contributed by atoms with Crippen LogP contribution in [0.3, 0.4) is 0 Å². The van der Waals surface area contributed by atoms with Gasteiger partial charge in [0.05, 0.1) is 12.5 Å². The van der Waals surface area contributed by atoms with Crippen LogP contribution < -0.4 is 0 Å². The van der Waals surface area contributed by atoms with Gasteiger partial charge in [0, 0.05) is 19.1 Å². The van der Waals surface area contributed by atoms with Crippen molar-refractivity contribution in [2.24, 2.45) is 11.8 Å². The smallest absolute Gasteiger partial charge is 0.0641 e. The van der Waals surface area contributed by atoms with Crippen LogP contribution in [0, 0.1) is 23.2 Å². The van der Waals surface area contributed by atoms with E-state index < -0.39 is 0 Å². The highest BCUT2D eigenvalue weighted by atomic mass is 15.2. The molecular weight excluding hydrogens is 232 g/mol. The van der Waals surface area contributed by atoms with E-state index in [-0.39, 0.29) is 6.04 Å². The Hall–Kier alpha value is -1.33. The summed E-state index contributed by atoms with van der Waals surface area (Å²) in [4.78, 5) is 2.47. The van der Waals surface area contributed by atoms with Gasteiger partial charge in [-0.3, -0.25) is 4.90 Å². The van der Waals surface area contributed by atoms with Crippen molar-refractivity contribution in [1.29, 1.82) is 5.26 Å². The number of nitrogens with zero attached hydrogens (tertiary/aromatic N) is 2. The van der Waals surface area contributed by atoms with Crippen molar-refractivity contribution < 1.29 is 0 Å². The summed E-state index contributed by atoms with van der Waals surface area (Å²) in [5.74, 6) is 1.23. The van der Waals surface area contributed by atoms with E-state index in [4.69, 9.17) is 5.26 Å². The molecule has 2 nitrogen and oxygen atoms in total. The van der Waals surface area contributed by atoms with Gasteiger partial charge in [-0.05, 0) is 17.4 Å². The van der Waals surface area contributed by atoms with Crippen LogP contribution in [-0.2, 0) is 0 Å². The van der Waals surface area contributed by atoms with Gasteiger partial charge in [-0.25, -0.2) is 0 Å². The molecule has 1 aromatic carbocycles. The number of rotatable bonds is 7. The highest BCUT2D eigenvalue weighted by Gasteiger charge is 2.21. The van der Waals surface area contributed by atoms with Crippen molar-refractivity contribution in [2.45, 2.75) is 40.2 Å². The SMILES string of the molecule is CC(C)CN(CC(C)C)C(CC#N)c1ccccc1. The summed E-state index contributed by atoms with van der Waals surface area (Å²) in [5.41, 5.74) is 1.25. The van der Waals surface area contributed by atoms with Gasteiger partial charge in [0.2, 0.25) is 0 Å². The number of benzene rings is 1. The number of hydrogen-bond acceptors (Lipinski definition) is 2. The average Bonchev–Trinajstić information content (AvgIpc) is 2.35. The number of hydrogen-bond donors (Lipinski definition) is 0. The summed E-state index contributed by atoms with van der Waals surface area (Å²) in [6.45, 7) is 11.0. The van der Waals surface area contributed by atoms with Crippen molar-refractivity contribution in [1.82, 2.24) is 4.90 Å². The molecule has 1 atom stereocenters. The van der Waals surface area contributed by atoms with Crippen LogP contribution in [0.1, 0.15) is 45.7 Å². The van der Waals surface area contributed by atoms with Gasteiger partial charge >= 0.3 is 0 Å². The Balaban J connectivity index is 2.94. The minimum atomic E-state index is 0.219. The maximum atomic E-state index is 9.14. The molecule has 1 unspecified atom stereocenters. The van der Waals surface area contributed by atoms with Crippen LogP contribution in [-0.4, -0.2) is 18.0 Å². The van der Waals surface area contributed by atoms with Crippen molar-refractivity contribution in [2.75, 3.05) is 13.1 Å². The van der Waals surface area contributed by atoms with Crippen molar-refractivity contribution >= 4 is 0 Å². The van der Waals surface area contributed by atoms with E-state index in [0.717, 1.165) is 13.1 Å². The molecule has 0 amide bonds. The molecule has 0 aliphatic heterocycles. The second kappa shape index (κ2) is 7.96. The molecule has 0 aromatic heterocycles. The molecule has 0 spiro atoms. The summed E-state index contributed by atoms with van der Waals surface area (Å²) < 4.78 is 0. The molecule has 2 heteroatoms. The molecule has 1 aromatic rings. The average molecular weight is 258 g/mol. The highest BCUT2D eigenvalue weighted by Crippen LogP contribution is 2.25. The van der Waals surface area contributed by atoms with E-state index in [9.17, 15) is 0 Å². The van der Waals surface area contributed by atoms with E-state index >= 15 is 0 Å². The van der Waals surface area contributed by atoms with Crippen molar-refractivity contribution in [3.8, 4) is 6.07 Å². The molecule has 0 saturated heterocycles. The Morgan fingerprint density at radius 3 is 1.95 bits per heavy atom. The normalized spacial score (nSPS) is 12.9. The van der Waals surface area contributed by atoms with Gasteiger partial charge in [-0.1, -0.05) is 58.0 Å². The molecule has 19 heavy (non-hydrogen) atoms. The second-order valence-electron chi connectivity index (χ2n) is 6.03. The van der Waals surface area contributed by atoms with Gasteiger partial charge in [0.25, 0.3) is 0 Å². The first-order valence-corrected chi connectivity index (χ1v) is 7.20. The predicted molar refractivity (Wildman–Crippen MR) is 80.7 cm³/mol. The molecule has 0 aliphatic carbocycles. The minimum absolute atomic E-state index is 0.219. The summed E-state index contributed by atoms with van der Waals surface area (Å²) in [6.07, 6.45) is 0.559. The van der Waals surface area contributed by atoms with Crippen LogP contribution in [0.4, 0.5) is 0 Å². The van der Waals surface area contributed by atoms with Gasteiger partial charge in [-0.15, -0.1) is 0 Å². The Labute approximate surface area is 118 Å². The van der Waals surface area contributed by atoms with E-state index in [2.05, 4.69) is 62.9 Å². The fraction of sp³-hybridized carbons (Fsp3) is 0.588. The van der Waals surface area contributed by atoms with Crippen molar-refractivity contribution in [3.63, 3.8) is 0 Å². The second-order valence-corrected chi connectivity index (χ2v) is 6.03. The molecule has 0 aliphatic rings. The summed E-state index contributed by atoms with van der Waals surface area (Å²) in [7, 11) is 0. The maximum absolute atomic E-state index is 9.14. The first-order valence-electron chi connectivity index (χ1n) is 7.20. The third-order valence-corrected chi connectivity index (χ3v) is 3.11. The first-order chi connectivity index (χ1) is 9.04. The quantitative estimate of drug-likeness (QED) is 0.731. The molecule has 0 fully saturated rings. The zero-order valence-electron chi connectivity index (χ0n) is 12.6. The molecule has 104 valence electrons. The highest BCUT2D eigenvalue weighted by molar-refractivity contribution is 5.20. The molecular formula is C17H26N2. The zero-order valence-corrected chi connectivity index (χ0v) is 12.6. The summed E-state index contributed by atoms with van der Waals surface area (Å²) in [6, 6.07) is 13.0. The number of nitriles is 1. The third kappa shape index (κ3) is 5.44. The Kier molecular flexibility index (Phi) is 6.59. The molecule has 0 saturated carbocycles. The molecule has 0 N–H and O–H groups in total. The predicted octanol–water partition coefficient (Wildman–Crippen LogP) is 4.26. The van der Waals surface area contributed by atoms with Crippen molar-refractivity contribution in [3.05, 3.63) is 35.9 Å². The summed E-state index contributed by atoms with van der Waals surface area (Å²) in [5, 5.41) is 9.14. The third-order valence-electron chi connectivity index (χ3n) is 3.11. The van der Waals surface area contributed by atoms with E-state index in [1.54, 1.807) is 0 Å². The van der Waals surface area contributed by atoms with Crippen LogP contribution in [0.25, 0.3) is 0 Å². The lowest BCUT2D eigenvalue weighted by Gasteiger charge is -2.33. The zero-order chi connectivity index (χ0) is 14.3. The largest absolute Gasteiger partial charge is 0.295 e. The Morgan fingerprint density at radius 1 is 1.00 bits per heavy atom. The lowest BCUT2D eigenvalue weighted by molar-refractivity contribution is 0.158. The molecule has 0 bridgehead atoms. The lowest BCUT2D eigenvalue weighted by Crippen LogP contribution is -2.35. The van der Waals surface area contributed by atoms with Crippen LogP contribution in [0.15, 0.2) is 30.3 Å². The van der Waals surface area contributed by atoms with Gasteiger partial charge in [0.15, 0.2) is 0 Å². The van der Waals surface area contributed by atoms with Crippen LogP contribution in [0.5, 0.6) is 0 Å². The topological polar surface area (TPSA) is 27.0 Å². The van der Waals surface area contributed by atoms with Gasteiger partial charge < -0.3 is 0 Å². The summed E-state index contributed by atoms with van der Waals surface area (Å²) >= 11 is 0. The first kappa shape index (κ1) is 15.7. The van der Waals surface area contributed by atoms with Crippen LogP contribution >= 0.6 is 0 Å². The monoisotopic (exact) mass is 258 g/mol. The molecule has 1 rings (SSSR count). The van der Waals surface area contributed by atoms with Gasteiger partial charge in [-0.2, -0.15) is 5.26 Å². The Morgan fingerprint density at radius 2 is 1.53 bits per heavy atom. The maximum Gasteiger partial charge on any atom is 0.0641 e. The van der Waals surface area contributed by atoms with Crippen LogP contribution in [0.2, 0.25) is 0 Å². The lowest BCUT2D eigenvalue weighted by atomic mass is 9.99. The molecule has 0 heterocycles. The fourth-order valence-electron chi connectivity index (χ4n) is 2.49.